The molecule has 0 atom stereocenters. The van der Waals surface area contributed by atoms with Crippen LogP contribution in [0.1, 0.15) is 16.7 Å². The summed E-state index contributed by atoms with van der Waals surface area (Å²) in [6.45, 7) is 1.38. The molecule has 0 aliphatic carbocycles. The molecule has 0 radical (unpaired) electrons. The second kappa shape index (κ2) is 7.40. The number of amidine groups is 1. The molecule has 0 saturated carbocycles. The molecular weight excluding hydrogens is 269 g/mol. The van der Waals surface area contributed by atoms with E-state index in [4.69, 9.17) is 10.9 Å². The number of halogens is 1. The first kappa shape index (κ1) is 15.0. The Labute approximate surface area is 123 Å². The van der Waals surface area contributed by atoms with E-state index in [1.807, 2.05) is 24.3 Å². The van der Waals surface area contributed by atoms with Gasteiger partial charge in [-0.25, -0.2) is 4.39 Å². The molecule has 4 N–H and O–H groups in total. The van der Waals surface area contributed by atoms with Crippen LogP contribution in [0, 0.1) is 5.82 Å². The van der Waals surface area contributed by atoms with Crippen LogP contribution in [-0.2, 0) is 13.0 Å². The molecular formula is C16H18FN3O. The second-order valence-electron chi connectivity index (χ2n) is 4.70. The fourth-order valence-corrected chi connectivity index (χ4v) is 2.09. The van der Waals surface area contributed by atoms with Gasteiger partial charge in [0.1, 0.15) is 5.82 Å². The maximum atomic E-state index is 12.8. The Balaban J connectivity index is 1.88. The third kappa shape index (κ3) is 4.29. The van der Waals surface area contributed by atoms with E-state index in [-0.39, 0.29) is 11.7 Å². The number of hydrogen-bond acceptors (Lipinski definition) is 3. The third-order valence-corrected chi connectivity index (χ3v) is 3.22. The lowest BCUT2D eigenvalue weighted by Crippen LogP contribution is -2.21. The molecule has 5 heteroatoms. The summed E-state index contributed by atoms with van der Waals surface area (Å²) < 4.78 is 12.8. The summed E-state index contributed by atoms with van der Waals surface area (Å²) >= 11 is 0. The molecule has 2 aromatic carbocycles. The van der Waals surface area contributed by atoms with Crippen LogP contribution in [0.4, 0.5) is 4.39 Å². The molecule has 0 heterocycles. The third-order valence-electron chi connectivity index (χ3n) is 3.22. The van der Waals surface area contributed by atoms with E-state index in [9.17, 15) is 4.39 Å². The molecule has 0 amide bonds. The van der Waals surface area contributed by atoms with E-state index in [2.05, 4.69) is 10.5 Å². The van der Waals surface area contributed by atoms with Gasteiger partial charge in [-0.1, -0.05) is 41.6 Å². The number of nitrogens with zero attached hydrogens (tertiary/aromatic N) is 1. The summed E-state index contributed by atoms with van der Waals surface area (Å²) in [6, 6.07) is 14.0. The second-order valence-corrected chi connectivity index (χ2v) is 4.70. The molecule has 4 nitrogen and oxygen atoms in total. The number of nitrogens with one attached hydrogen (secondary N) is 1. The number of nitrogens with two attached hydrogens (primary N) is 1. The standard InChI is InChI=1S/C16H18FN3O/c17-14-7-5-12(6-8-14)9-10-19-11-13-3-1-2-4-15(13)16(18)20-21/h1-8,19,21H,9-11H2,(H2,18,20). The van der Waals surface area contributed by atoms with Crippen molar-refractivity contribution in [3.8, 4) is 0 Å². The highest BCUT2D eigenvalue weighted by Crippen LogP contribution is 2.08. The van der Waals surface area contributed by atoms with Crippen LogP contribution < -0.4 is 11.1 Å². The van der Waals surface area contributed by atoms with E-state index in [1.165, 1.54) is 12.1 Å². The van der Waals surface area contributed by atoms with Gasteiger partial charge in [-0.3, -0.25) is 0 Å². The Kier molecular flexibility index (Phi) is 5.29. The van der Waals surface area contributed by atoms with Crippen molar-refractivity contribution < 1.29 is 9.60 Å². The number of oxime groups is 1. The van der Waals surface area contributed by atoms with E-state index in [0.717, 1.165) is 24.1 Å². The summed E-state index contributed by atoms with van der Waals surface area (Å²) in [5.41, 5.74) is 8.40. The van der Waals surface area contributed by atoms with Gasteiger partial charge in [0.15, 0.2) is 5.84 Å². The van der Waals surface area contributed by atoms with E-state index in [1.54, 1.807) is 12.1 Å². The molecule has 0 aliphatic rings. The highest BCUT2D eigenvalue weighted by molar-refractivity contribution is 5.98. The van der Waals surface area contributed by atoms with Crippen molar-refractivity contribution in [2.75, 3.05) is 6.54 Å². The van der Waals surface area contributed by atoms with Gasteiger partial charge >= 0.3 is 0 Å². The zero-order valence-electron chi connectivity index (χ0n) is 11.6. The molecule has 0 aliphatic heterocycles. The van der Waals surface area contributed by atoms with Crippen molar-refractivity contribution in [3.63, 3.8) is 0 Å². The van der Waals surface area contributed by atoms with Crippen molar-refractivity contribution in [2.24, 2.45) is 10.9 Å². The Morgan fingerprint density at radius 3 is 2.57 bits per heavy atom. The lowest BCUT2D eigenvalue weighted by molar-refractivity contribution is 0.318. The van der Waals surface area contributed by atoms with Gasteiger partial charge in [0, 0.05) is 12.1 Å². The number of rotatable bonds is 6. The SMILES string of the molecule is NC(=NO)c1ccccc1CNCCc1ccc(F)cc1. The fraction of sp³-hybridized carbons (Fsp3) is 0.188. The summed E-state index contributed by atoms with van der Waals surface area (Å²) in [4.78, 5) is 0. The summed E-state index contributed by atoms with van der Waals surface area (Å²) in [6.07, 6.45) is 0.812. The normalized spacial score (nSPS) is 11.6. The predicted molar refractivity (Wildman–Crippen MR) is 80.8 cm³/mol. The zero-order chi connectivity index (χ0) is 15.1. The summed E-state index contributed by atoms with van der Waals surface area (Å²) in [7, 11) is 0. The average Bonchev–Trinajstić information content (AvgIpc) is 2.53. The minimum absolute atomic E-state index is 0.103. The summed E-state index contributed by atoms with van der Waals surface area (Å²) in [5, 5.41) is 15.1. The van der Waals surface area contributed by atoms with Gasteiger partial charge in [-0.2, -0.15) is 0 Å². The molecule has 110 valence electrons. The van der Waals surface area contributed by atoms with Gasteiger partial charge in [0.25, 0.3) is 0 Å². The largest absolute Gasteiger partial charge is 0.409 e. The highest BCUT2D eigenvalue weighted by atomic mass is 19.1. The highest BCUT2D eigenvalue weighted by Gasteiger charge is 2.05. The lowest BCUT2D eigenvalue weighted by atomic mass is 10.1. The van der Waals surface area contributed by atoms with Crippen molar-refractivity contribution >= 4 is 5.84 Å². The van der Waals surface area contributed by atoms with Crippen LogP contribution in [0.5, 0.6) is 0 Å². The molecule has 0 bridgehead atoms. The van der Waals surface area contributed by atoms with Gasteiger partial charge in [0.2, 0.25) is 0 Å². The smallest absolute Gasteiger partial charge is 0.170 e. The number of hydrogen-bond donors (Lipinski definition) is 3. The fourth-order valence-electron chi connectivity index (χ4n) is 2.09. The zero-order valence-corrected chi connectivity index (χ0v) is 11.6. The Bertz CT molecular complexity index is 611. The van der Waals surface area contributed by atoms with Gasteiger partial charge in [0.05, 0.1) is 0 Å². The molecule has 0 spiro atoms. The maximum absolute atomic E-state index is 12.8. The first-order valence-corrected chi connectivity index (χ1v) is 6.71. The van der Waals surface area contributed by atoms with E-state index in [0.29, 0.717) is 12.1 Å². The number of benzene rings is 2. The van der Waals surface area contributed by atoms with E-state index < -0.39 is 0 Å². The van der Waals surface area contributed by atoms with Gasteiger partial charge in [-0.15, -0.1) is 0 Å². The minimum atomic E-state index is -0.223. The first-order chi connectivity index (χ1) is 10.2. The van der Waals surface area contributed by atoms with Crippen LogP contribution in [0.2, 0.25) is 0 Å². The van der Waals surface area contributed by atoms with Crippen molar-refractivity contribution in [1.82, 2.24) is 5.32 Å². The maximum Gasteiger partial charge on any atom is 0.170 e. The Morgan fingerprint density at radius 1 is 1.14 bits per heavy atom. The molecule has 0 saturated heterocycles. The van der Waals surface area contributed by atoms with Crippen LogP contribution in [-0.4, -0.2) is 17.6 Å². The van der Waals surface area contributed by atoms with Crippen molar-refractivity contribution in [3.05, 3.63) is 71.0 Å². The van der Waals surface area contributed by atoms with Crippen LogP contribution in [0.3, 0.4) is 0 Å². The molecule has 21 heavy (non-hydrogen) atoms. The van der Waals surface area contributed by atoms with Crippen LogP contribution in [0.25, 0.3) is 0 Å². The van der Waals surface area contributed by atoms with Gasteiger partial charge in [-0.05, 0) is 36.2 Å². The van der Waals surface area contributed by atoms with Crippen molar-refractivity contribution in [2.45, 2.75) is 13.0 Å². The Hall–Kier alpha value is -2.40. The summed E-state index contributed by atoms with van der Waals surface area (Å²) in [5.74, 6) is -0.120. The minimum Gasteiger partial charge on any atom is -0.409 e. The predicted octanol–water partition coefficient (Wildman–Crippen LogP) is 2.25. The first-order valence-electron chi connectivity index (χ1n) is 6.71. The molecule has 0 unspecified atom stereocenters. The van der Waals surface area contributed by atoms with Crippen LogP contribution >= 0.6 is 0 Å². The van der Waals surface area contributed by atoms with Crippen molar-refractivity contribution in [1.29, 1.82) is 0 Å². The average molecular weight is 287 g/mol. The monoisotopic (exact) mass is 287 g/mol. The quantitative estimate of drug-likeness (QED) is 0.251. The van der Waals surface area contributed by atoms with E-state index >= 15 is 0 Å². The lowest BCUT2D eigenvalue weighted by Gasteiger charge is -2.09. The topological polar surface area (TPSA) is 70.6 Å². The molecule has 2 aromatic rings. The van der Waals surface area contributed by atoms with Crippen LogP contribution in [0.15, 0.2) is 53.7 Å². The molecule has 2 rings (SSSR count). The van der Waals surface area contributed by atoms with Gasteiger partial charge < -0.3 is 16.3 Å². The molecule has 0 fully saturated rings. The Morgan fingerprint density at radius 2 is 1.86 bits per heavy atom. The molecule has 0 aromatic heterocycles.